The van der Waals surface area contributed by atoms with Gasteiger partial charge in [0, 0.05) is 39.4 Å². The van der Waals surface area contributed by atoms with E-state index in [1.54, 1.807) is 6.20 Å². The molecule has 1 fully saturated rings. The number of rotatable bonds is 3. The van der Waals surface area contributed by atoms with Crippen molar-refractivity contribution in [2.45, 2.75) is 18.9 Å². The lowest BCUT2D eigenvalue weighted by Crippen LogP contribution is -2.46. The van der Waals surface area contributed by atoms with Crippen molar-refractivity contribution in [3.63, 3.8) is 0 Å². The van der Waals surface area contributed by atoms with Gasteiger partial charge in [0.15, 0.2) is 0 Å². The van der Waals surface area contributed by atoms with E-state index < -0.39 is 0 Å². The highest BCUT2D eigenvalue weighted by molar-refractivity contribution is 5.94. The first-order valence-electron chi connectivity index (χ1n) is 6.71. The van der Waals surface area contributed by atoms with Gasteiger partial charge in [-0.25, -0.2) is 4.98 Å². The summed E-state index contributed by atoms with van der Waals surface area (Å²) in [6.07, 6.45) is 3.86. The van der Waals surface area contributed by atoms with Crippen LogP contribution in [-0.4, -0.2) is 56.1 Å². The van der Waals surface area contributed by atoms with Crippen LogP contribution in [0, 0.1) is 0 Å². The molecule has 1 unspecified atom stereocenters. The number of hydrogen-bond acceptors (Lipinski definition) is 4. The molecule has 1 atom stereocenters. The molecule has 1 aromatic rings. The number of carbonyl (C=O) groups excluding carboxylic acids is 1. The van der Waals surface area contributed by atoms with Crippen LogP contribution in [0.15, 0.2) is 18.3 Å². The molecule has 1 amide bonds. The van der Waals surface area contributed by atoms with Gasteiger partial charge in [-0.3, -0.25) is 4.79 Å². The number of anilines is 1. The number of nitrogens with one attached hydrogen (secondary N) is 1. The summed E-state index contributed by atoms with van der Waals surface area (Å²) in [4.78, 5) is 20.5. The average Bonchev–Trinajstić information content (AvgIpc) is 2.46. The SMILES string of the molecule is CNC1CCCN(C(=O)c2ccc(N(C)C)nc2)C1.Cl.Cl. The van der Waals surface area contributed by atoms with E-state index in [9.17, 15) is 4.79 Å². The van der Waals surface area contributed by atoms with Crippen LogP contribution in [0.2, 0.25) is 0 Å². The van der Waals surface area contributed by atoms with Gasteiger partial charge in [0.1, 0.15) is 5.82 Å². The van der Waals surface area contributed by atoms with E-state index in [-0.39, 0.29) is 30.7 Å². The zero-order chi connectivity index (χ0) is 13.8. The van der Waals surface area contributed by atoms with E-state index in [2.05, 4.69) is 10.3 Å². The number of nitrogens with zero attached hydrogens (tertiary/aromatic N) is 3. The van der Waals surface area contributed by atoms with Crippen LogP contribution in [0.3, 0.4) is 0 Å². The Balaban J connectivity index is 0.00000200. The highest BCUT2D eigenvalue weighted by atomic mass is 35.5. The number of halogens is 2. The first-order chi connectivity index (χ1) is 9.11. The number of piperidine rings is 1. The Morgan fingerprint density at radius 2 is 2.10 bits per heavy atom. The summed E-state index contributed by atoms with van der Waals surface area (Å²) in [6, 6.07) is 4.15. The molecular weight excluding hydrogens is 311 g/mol. The van der Waals surface area contributed by atoms with E-state index in [4.69, 9.17) is 0 Å². The number of carbonyl (C=O) groups is 1. The Morgan fingerprint density at radius 1 is 1.38 bits per heavy atom. The van der Waals surface area contributed by atoms with Crippen molar-refractivity contribution in [2.24, 2.45) is 0 Å². The lowest BCUT2D eigenvalue weighted by atomic mass is 10.1. The number of pyridine rings is 1. The maximum absolute atomic E-state index is 12.4. The molecule has 0 aliphatic carbocycles. The van der Waals surface area contributed by atoms with Gasteiger partial charge in [-0.2, -0.15) is 0 Å². The van der Waals surface area contributed by atoms with Crippen LogP contribution < -0.4 is 10.2 Å². The molecule has 0 spiro atoms. The molecule has 0 radical (unpaired) electrons. The van der Waals surface area contributed by atoms with E-state index in [0.717, 1.165) is 31.7 Å². The van der Waals surface area contributed by atoms with E-state index in [0.29, 0.717) is 11.6 Å². The Kier molecular flexibility index (Phi) is 8.63. The van der Waals surface area contributed by atoms with Gasteiger partial charge in [0.25, 0.3) is 5.91 Å². The zero-order valence-electron chi connectivity index (χ0n) is 12.7. The van der Waals surface area contributed by atoms with Crippen molar-refractivity contribution in [3.8, 4) is 0 Å². The lowest BCUT2D eigenvalue weighted by molar-refractivity contribution is 0.0698. The van der Waals surface area contributed by atoms with E-state index >= 15 is 0 Å². The van der Waals surface area contributed by atoms with E-state index in [1.807, 2.05) is 43.1 Å². The summed E-state index contributed by atoms with van der Waals surface area (Å²) in [6.45, 7) is 1.62. The van der Waals surface area contributed by atoms with Crippen molar-refractivity contribution in [2.75, 3.05) is 39.1 Å². The molecule has 0 aromatic carbocycles. The largest absolute Gasteiger partial charge is 0.363 e. The maximum atomic E-state index is 12.4. The number of hydrogen-bond donors (Lipinski definition) is 1. The second-order valence-corrected chi connectivity index (χ2v) is 5.18. The monoisotopic (exact) mass is 334 g/mol. The zero-order valence-corrected chi connectivity index (χ0v) is 14.3. The van der Waals surface area contributed by atoms with Crippen LogP contribution in [0.25, 0.3) is 0 Å². The Bertz CT molecular complexity index is 439. The molecule has 7 heteroatoms. The van der Waals surface area contributed by atoms with Gasteiger partial charge < -0.3 is 15.1 Å². The minimum absolute atomic E-state index is 0. The molecule has 1 aliphatic heterocycles. The van der Waals surface area contributed by atoms with Crippen LogP contribution in [-0.2, 0) is 0 Å². The summed E-state index contributed by atoms with van der Waals surface area (Å²) >= 11 is 0. The average molecular weight is 335 g/mol. The predicted molar refractivity (Wildman–Crippen MR) is 91.0 cm³/mol. The summed E-state index contributed by atoms with van der Waals surface area (Å²) in [5.74, 6) is 0.945. The summed E-state index contributed by atoms with van der Waals surface area (Å²) < 4.78 is 0. The van der Waals surface area contributed by atoms with Crippen LogP contribution in [0.4, 0.5) is 5.82 Å². The van der Waals surface area contributed by atoms with Crippen molar-refractivity contribution in [1.29, 1.82) is 0 Å². The summed E-state index contributed by atoms with van der Waals surface area (Å²) in [5.41, 5.74) is 0.669. The van der Waals surface area contributed by atoms with E-state index in [1.165, 1.54) is 0 Å². The quantitative estimate of drug-likeness (QED) is 0.915. The van der Waals surface area contributed by atoms with Crippen LogP contribution in [0.1, 0.15) is 23.2 Å². The van der Waals surface area contributed by atoms with Crippen LogP contribution >= 0.6 is 24.8 Å². The molecule has 0 bridgehead atoms. The molecule has 1 aromatic heterocycles. The minimum atomic E-state index is 0. The molecule has 2 rings (SSSR count). The molecule has 120 valence electrons. The molecular formula is C14H24Cl2N4O. The highest BCUT2D eigenvalue weighted by Crippen LogP contribution is 2.15. The molecule has 5 nitrogen and oxygen atoms in total. The van der Waals surface area contributed by atoms with Crippen LogP contribution in [0.5, 0.6) is 0 Å². The topological polar surface area (TPSA) is 48.5 Å². The van der Waals surface area contributed by atoms with Crippen molar-refractivity contribution in [3.05, 3.63) is 23.9 Å². The van der Waals surface area contributed by atoms with Gasteiger partial charge in [-0.15, -0.1) is 24.8 Å². The summed E-state index contributed by atoms with van der Waals surface area (Å²) in [7, 11) is 5.82. The highest BCUT2D eigenvalue weighted by Gasteiger charge is 2.23. The second-order valence-electron chi connectivity index (χ2n) is 5.18. The number of likely N-dealkylation sites (N-methyl/N-ethyl adjacent to an activating group) is 1. The third kappa shape index (κ3) is 5.02. The first-order valence-corrected chi connectivity index (χ1v) is 6.71. The van der Waals surface area contributed by atoms with Gasteiger partial charge in [0.2, 0.25) is 0 Å². The van der Waals surface area contributed by atoms with Crippen molar-refractivity contribution in [1.82, 2.24) is 15.2 Å². The molecule has 1 saturated heterocycles. The Hall–Kier alpha value is -1.04. The first kappa shape index (κ1) is 20.0. The third-order valence-electron chi connectivity index (χ3n) is 3.57. The van der Waals surface area contributed by atoms with Crippen molar-refractivity contribution >= 4 is 36.5 Å². The fraction of sp³-hybridized carbons (Fsp3) is 0.571. The fourth-order valence-electron chi connectivity index (χ4n) is 2.36. The third-order valence-corrected chi connectivity index (χ3v) is 3.57. The maximum Gasteiger partial charge on any atom is 0.255 e. The van der Waals surface area contributed by atoms with Gasteiger partial charge in [-0.1, -0.05) is 0 Å². The fourth-order valence-corrected chi connectivity index (χ4v) is 2.36. The summed E-state index contributed by atoms with van der Waals surface area (Å²) in [5, 5.41) is 3.25. The minimum Gasteiger partial charge on any atom is -0.363 e. The number of aromatic nitrogens is 1. The molecule has 2 heterocycles. The normalized spacial score (nSPS) is 17.5. The van der Waals surface area contributed by atoms with Gasteiger partial charge in [0.05, 0.1) is 5.56 Å². The molecule has 21 heavy (non-hydrogen) atoms. The van der Waals surface area contributed by atoms with Gasteiger partial charge in [-0.05, 0) is 32.0 Å². The second kappa shape index (κ2) is 9.07. The number of likely N-dealkylation sites (tertiary alicyclic amines) is 1. The standard InChI is InChI=1S/C14H22N4O.2ClH/c1-15-12-5-4-8-18(10-12)14(19)11-6-7-13(16-9-11)17(2)3;;/h6-7,9,12,15H,4-5,8,10H2,1-3H3;2*1H. The van der Waals surface area contributed by atoms with Crippen molar-refractivity contribution < 1.29 is 4.79 Å². The number of amides is 1. The Labute approximate surface area is 138 Å². The lowest BCUT2D eigenvalue weighted by Gasteiger charge is -2.32. The van der Waals surface area contributed by atoms with Gasteiger partial charge >= 0.3 is 0 Å². The molecule has 1 aliphatic rings. The smallest absolute Gasteiger partial charge is 0.255 e. The Morgan fingerprint density at radius 3 is 2.62 bits per heavy atom. The predicted octanol–water partition coefficient (Wildman–Crippen LogP) is 1.82. The molecule has 0 saturated carbocycles. The molecule has 1 N–H and O–H groups in total.